The van der Waals surface area contributed by atoms with Gasteiger partial charge in [0.15, 0.2) is 0 Å². The molecule has 7 nitrogen and oxygen atoms in total. The molecule has 2 heterocycles. The highest BCUT2D eigenvalue weighted by atomic mass is 32.2. The quantitative estimate of drug-likeness (QED) is 0.764. The molecule has 0 unspecified atom stereocenters. The topological polar surface area (TPSA) is 86.0 Å². The third-order valence-corrected chi connectivity index (χ3v) is 5.12. The van der Waals surface area contributed by atoms with Crippen molar-refractivity contribution in [1.82, 2.24) is 18.8 Å². The Bertz CT molecular complexity index is 1020. The summed E-state index contributed by atoms with van der Waals surface area (Å²) in [5.41, 5.74) is 1.68. The van der Waals surface area contributed by atoms with E-state index in [9.17, 15) is 13.2 Å². The summed E-state index contributed by atoms with van der Waals surface area (Å²) in [6.07, 6.45) is 1.61. The lowest BCUT2D eigenvalue weighted by atomic mass is 10.3. The monoisotopic (exact) mass is 332 g/mol. The maximum absolute atomic E-state index is 12.4. The summed E-state index contributed by atoms with van der Waals surface area (Å²) in [7, 11) is -0.420. The molecule has 0 spiro atoms. The number of nitrogens with one attached hydrogen (secondary N) is 1. The molecule has 0 aliphatic heterocycles. The van der Waals surface area contributed by atoms with Crippen LogP contribution in [0, 0.1) is 0 Å². The molecular weight excluding hydrogens is 316 g/mol. The van der Waals surface area contributed by atoms with Crippen LogP contribution in [0.4, 0.5) is 0 Å². The molecule has 0 saturated carbocycles. The molecule has 0 aliphatic carbocycles. The van der Waals surface area contributed by atoms with Crippen molar-refractivity contribution < 1.29 is 8.42 Å². The molecule has 8 heteroatoms. The molecule has 120 valence electrons. The predicted molar refractivity (Wildman–Crippen MR) is 86.4 cm³/mol. The van der Waals surface area contributed by atoms with Crippen LogP contribution in [0.15, 0.2) is 52.3 Å². The molecule has 1 N–H and O–H groups in total. The Balaban J connectivity index is 1.95. The Hall–Kier alpha value is -2.45. The molecule has 2 aromatic heterocycles. The first-order valence-electron chi connectivity index (χ1n) is 6.95. The average Bonchev–Trinajstić information content (AvgIpc) is 2.78. The summed E-state index contributed by atoms with van der Waals surface area (Å²) in [4.78, 5) is 16.1. The van der Waals surface area contributed by atoms with Crippen LogP contribution in [0.1, 0.15) is 5.69 Å². The van der Waals surface area contributed by atoms with Crippen molar-refractivity contribution in [2.75, 3.05) is 0 Å². The minimum atomic E-state index is -3.68. The largest absolute Gasteiger partial charge is 0.328 e. The standard InChI is InChI=1S/C15H16N4O3S/c1-18-13-7-6-12(9-14(13)19(2)15(18)20)23(21,22)17-10-11-5-3-4-8-16-11/h3-9,17H,10H2,1-2H3. The molecule has 1 aromatic carbocycles. The van der Waals surface area contributed by atoms with Gasteiger partial charge in [-0.1, -0.05) is 6.07 Å². The number of hydrogen-bond acceptors (Lipinski definition) is 4. The van der Waals surface area contributed by atoms with Crippen molar-refractivity contribution in [1.29, 1.82) is 0 Å². The van der Waals surface area contributed by atoms with Crippen LogP contribution < -0.4 is 10.4 Å². The Morgan fingerprint density at radius 3 is 2.52 bits per heavy atom. The van der Waals surface area contributed by atoms with Gasteiger partial charge in [-0.25, -0.2) is 17.9 Å². The van der Waals surface area contributed by atoms with Crippen LogP contribution in [0.2, 0.25) is 0 Å². The van der Waals surface area contributed by atoms with E-state index in [4.69, 9.17) is 0 Å². The average molecular weight is 332 g/mol. The van der Waals surface area contributed by atoms with Gasteiger partial charge in [-0.3, -0.25) is 14.1 Å². The predicted octanol–water partition coefficient (Wildman–Crippen LogP) is 0.750. The van der Waals surface area contributed by atoms with E-state index in [2.05, 4.69) is 9.71 Å². The van der Waals surface area contributed by atoms with Crippen molar-refractivity contribution >= 4 is 21.1 Å². The minimum Gasteiger partial charge on any atom is -0.295 e. The van der Waals surface area contributed by atoms with Crippen molar-refractivity contribution in [2.24, 2.45) is 14.1 Å². The zero-order valence-corrected chi connectivity index (χ0v) is 13.5. The molecule has 3 aromatic rings. The smallest absolute Gasteiger partial charge is 0.295 e. The molecule has 3 rings (SSSR count). The fraction of sp³-hybridized carbons (Fsp3) is 0.200. The maximum atomic E-state index is 12.4. The van der Waals surface area contributed by atoms with E-state index < -0.39 is 10.0 Å². The van der Waals surface area contributed by atoms with Crippen LogP contribution in [-0.2, 0) is 30.7 Å². The number of pyridine rings is 1. The van der Waals surface area contributed by atoms with E-state index in [0.29, 0.717) is 16.7 Å². The summed E-state index contributed by atoms with van der Waals surface area (Å²) in [6.45, 7) is 0.106. The summed E-state index contributed by atoms with van der Waals surface area (Å²) in [6, 6.07) is 9.92. The Kier molecular flexibility index (Phi) is 3.78. The molecule has 0 aliphatic rings. The van der Waals surface area contributed by atoms with E-state index >= 15 is 0 Å². The Morgan fingerprint density at radius 1 is 1.09 bits per heavy atom. The number of aryl methyl sites for hydroxylation is 2. The van der Waals surface area contributed by atoms with Crippen molar-refractivity contribution in [3.05, 3.63) is 58.8 Å². The van der Waals surface area contributed by atoms with E-state index in [1.54, 1.807) is 44.6 Å². The third kappa shape index (κ3) is 2.78. The SMILES string of the molecule is Cn1c(=O)n(C)c2cc(S(=O)(=O)NCc3ccccn3)ccc21. The number of fused-ring (bicyclic) bond motifs is 1. The minimum absolute atomic E-state index is 0.106. The summed E-state index contributed by atoms with van der Waals surface area (Å²) < 4.78 is 30.3. The lowest BCUT2D eigenvalue weighted by molar-refractivity contribution is 0.580. The van der Waals surface area contributed by atoms with E-state index in [1.165, 1.54) is 21.3 Å². The van der Waals surface area contributed by atoms with Gasteiger partial charge < -0.3 is 0 Å². The molecular formula is C15H16N4O3S. The second kappa shape index (κ2) is 5.64. The molecule has 0 atom stereocenters. The Morgan fingerprint density at radius 2 is 1.83 bits per heavy atom. The van der Waals surface area contributed by atoms with Gasteiger partial charge in [0.2, 0.25) is 10.0 Å². The molecule has 0 bridgehead atoms. The van der Waals surface area contributed by atoms with Crippen molar-refractivity contribution in [3.8, 4) is 0 Å². The van der Waals surface area contributed by atoms with E-state index in [0.717, 1.165) is 0 Å². The number of aromatic nitrogens is 3. The number of benzene rings is 1. The van der Waals surface area contributed by atoms with Crippen molar-refractivity contribution in [2.45, 2.75) is 11.4 Å². The highest BCUT2D eigenvalue weighted by molar-refractivity contribution is 7.89. The van der Waals surface area contributed by atoms with Crippen LogP contribution in [0.25, 0.3) is 11.0 Å². The molecule has 23 heavy (non-hydrogen) atoms. The molecule has 0 fully saturated rings. The first kappa shape index (κ1) is 15.4. The second-order valence-electron chi connectivity index (χ2n) is 5.20. The second-order valence-corrected chi connectivity index (χ2v) is 6.96. The molecule has 0 amide bonds. The van der Waals surface area contributed by atoms with Crippen molar-refractivity contribution in [3.63, 3.8) is 0 Å². The van der Waals surface area contributed by atoms with Crippen LogP contribution in [0.5, 0.6) is 0 Å². The zero-order valence-electron chi connectivity index (χ0n) is 12.7. The first-order valence-corrected chi connectivity index (χ1v) is 8.43. The first-order chi connectivity index (χ1) is 10.9. The van der Waals surface area contributed by atoms with Gasteiger partial charge in [-0.15, -0.1) is 0 Å². The van der Waals surface area contributed by atoms with Gasteiger partial charge in [0.25, 0.3) is 0 Å². The number of imidazole rings is 1. The maximum Gasteiger partial charge on any atom is 0.328 e. The third-order valence-electron chi connectivity index (χ3n) is 3.72. The zero-order chi connectivity index (χ0) is 16.6. The summed E-state index contributed by atoms with van der Waals surface area (Å²) in [5, 5.41) is 0. The lowest BCUT2D eigenvalue weighted by Crippen LogP contribution is -2.23. The van der Waals surface area contributed by atoms with Crippen LogP contribution in [-0.4, -0.2) is 22.5 Å². The van der Waals surface area contributed by atoms with Gasteiger partial charge in [-0.05, 0) is 30.3 Å². The fourth-order valence-corrected chi connectivity index (χ4v) is 3.43. The van der Waals surface area contributed by atoms with E-state index in [-0.39, 0.29) is 17.1 Å². The van der Waals surface area contributed by atoms with Gasteiger partial charge in [-0.2, -0.15) is 0 Å². The summed E-state index contributed by atoms with van der Waals surface area (Å²) in [5.74, 6) is 0. The van der Waals surface area contributed by atoms with Gasteiger partial charge >= 0.3 is 5.69 Å². The fourth-order valence-electron chi connectivity index (χ4n) is 2.41. The number of nitrogens with zero attached hydrogens (tertiary/aromatic N) is 3. The van der Waals surface area contributed by atoms with E-state index in [1.807, 2.05) is 0 Å². The number of hydrogen-bond donors (Lipinski definition) is 1. The molecule has 0 saturated heterocycles. The number of rotatable bonds is 4. The summed E-state index contributed by atoms with van der Waals surface area (Å²) >= 11 is 0. The van der Waals surface area contributed by atoms with Crippen LogP contribution in [0.3, 0.4) is 0 Å². The number of sulfonamides is 1. The van der Waals surface area contributed by atoms with Crippen LogP contribution >= 0.6 is 0 Å². The lowest BCUT2D eigenvalue weighted by Gasteiger charge is -2.07. The highest BCUT2D eigenvalue weighted by Gasteiger charge is 2.17. The van der Waals surface area contributed by atoms with Gasteiger partial charge in [0.1, 0.15) is 0 Å². The van der Waals surface area contributed by atoms with Gasteiger partial charge in [0, 0.05) is 20.3 Å². The normalized spacial score (nSPS) is 11.9. The highest BCUT2D eigenvalue weighted by Crippen LogP contribution is 2.17. The Labute approximate surface area is 133 Å². The molecule has 0 radical (unpaired) electrons. The van der Waals surface area contributed by atoms with Gasteiger partial charge in [0.05, 0.1) is 28.2 Å².